The number of amides is 1. The molecule has 9 nitrogen and oxygen atoms in total. The zero-order valence-corrected chi connectivity index (χ0v) is 24.6. The van der Waals surface area contributed by atoms with Gasteiger partial charge in [-0.2, -0.15) is 4.98 Å². The van der Waals surface area contributed by atoms with Gasteiger partial charge in [-0.05, 0) is 36.1 Å². The van der Waals surface area contributed by atoms with Crippen LogP contribution in [-0.4, -0.2) is 50.3 Å². The molecule has 4 aromatic rings. The van der Waals surface area contributed by atoms with Gasteiger partial charge >= 0.3 is 0 Å². The fourth-order valence-corrected chi connectivity index (χ4v) is 5.34. The van der Waals surface area contributed by atoms with Crippen molar-refractivity contribution in [1.29, 1.82) is 0 Å². The fourth-order valence-electron chi connectivity index (χ4n) is 5.10. The molecule has 2 heterocycles. The monoisotopic (exact) mass is 587 g/mol. The molecule has 0 radical (unpaired) electrons. The SMILES string of the molecule is COc1cc(Nc2nccc(N3CCC[C@H](C(=O)NCc4ccc(-c5ccccc5Cl)cc4)C3)n2)cc(OC)c1OC. The van der Waals surface area contributed by atoms with E-state index in [4.69, 9.17) is 30.8 Å². The van der Waals surface area contributed by atoms with Crippen LogP contribution in [0.4, 0.5) is 17.5 Å². The van der Waals surface area contributed by atoms with E-state index in [1.165, 1.54) is 0 Å². The highest BCUT2D eigenvalue weighted by Crippen LogP contribution is 2.40. The van der Waals surface area contributed by atoms with Crippen molar-refractivity contribution in [3.8, 4) is 28.4 Å². The lowest BCUT2D eigenvalue weighted by Gasteiger charge is -2.33. The van der Waals surface area contributed by atoms with Crippen molar-refractivity contribution in [3.05, 3.63) is 83.5 Å². The number of hydrogen-bond donors (Lipinski definition) is 2. The first-order chi connectivity index (χ1) is 20.5. The van der Waals surface area contributed by atoms with Gasteiger partial charge < -0.3 is 29.7 Å². The Morgan fingerprint density at radius 1 is 1.00 bits per heavy atom. The number of halogens is 1. The molecule has 1 fully saturated rings. The van der Waals surface area contributed by atoms with Crippen LogP contribution in [-0.2, 0) is 11.3 Å². The third-order valence-corrected chi connectivity index (χ3v) is 7.61. The molecule has 1 saturated heterocycles. The molecule has 1 aliphatic rings. The van der Waals surface area contributed by atoms with Gasteiger partial charge in [-0.25, -0.2) is 4.98 Å². The summed E-state index contributed by atoms with van der Waals surface area (Å²) < 4.78 is 16.3. The van der Waals surface area contributed by atoms with E-state index < -0.39 is 0 Å². The summed E-state index contributed by atoms with van der Waals surface area (Å²) in [6.07, 6.45) is 3.43. The van der Waals surface area contributed by atoms with Crippen molar-refractivity contribution in [2.24, 2.45) is 5.92 Å². The Hall–Kier alpha value is -4.50. The molecule has 0 spiro atoms. The number of carbonyl (C=O) groups excluding carboxylic acids is 1. The van der Waals surface area contributed by atoms with Gasteiger partial charge in [0.05, 0.1) is 27.2 Å². The van der Waals surface area contributed by atoms with Crippen molar-refractivity contribution >= 4 is 35.0 Å². The summed E-state index contributed by atoms with van der Waals surface area (Å²) in [5.41, 5.74) is 3.76. The minimum atomic E-state index is -0.136. The van der Waals surface area contributed by atoms with Gasteiger partial charge in [0, 0.05) is 54.2 Å². The van der Waals surface area contributed by atoms with Gasteiger partial charge in [-0.3, -0.25) is 4.79 Å². The van der Waals surface area contributed by atoms with Gasteiger partial charge in [-0.15, -0.1) is 0 Å². The van der Waals surface area contributed by atoms with E-state index in [1.54, 1.807) is 39.7 Å². The van der Waals surface area contributed by atoms with Crippen LogP contribution in [0, 0.1) is 5.92 Å². The Morgan fingerprint density at radius 3 is 2.43 bits per heavy atom. The molecule has 0 aliphatic carbocycles. The maximum absolute atomic E-state index is 13.1. The average Bonchev–Trinajstić information content (AvgIpc) is 3.04. The molecule has 5 rings (SSSR count). The summed E-state index contributed by atoms with van der Waals surface area (Å²) in [6, 6.07) is 21.3. The van der Waals surface area contributed by atoms with Crippen molar-refractivity contribution < 1.29 is 19.0 Å². The number of aromatic nitrogens is 2. The Kier molecular flexibility index (Phi) is 9.28. The molecule has 2 N–H and O–H groups in total. The molecule has 1 aromatic heterocycles. The molecule has 1 aliphatic heterocycles. The average molecular weight is 588 g/mol. The number of benzene rings is 3. The first-order valence-corrected chi connectivity index (χ1v) is 14.1. The van der Waals surface area contributed by atoms with Crippen LogP contribution in [0.2, 0.25) is 5.02 Å². The Labute approximate surface area is 250 Å². The second-order valence-corrected chi connectivity index (χ2v) is 10.4. The molecule has 0 unspecified atom stereocenters. The topological polar surface area (TPSA) is 97.8 Å². The molecule has 0 saturated carbocycles. The van der Waals surface area contributed by atoms with E-state index in [-0.39, 0.29) is 11.8 Å². The first kappa shape index (κ1) is 29.0. The fraction of sp³-hybridized carbons (Fsp3) is 0.281. The van der Waals surface area contributed by atoms with Crippen LogP contribution in [0.15, 0.2) is 72.9 Å². The molecule has 10 heteroatoms. The second-order valence-electron chi connectivity index (χ2n) is 9.96. The third kappa shape index (κ3) is 6.69. The van der Waals surface area contributed by atoms with Gasteiger partial charge in [0.2, 0.25) is 17.6 Å². The Bertz CT molecular complexity index is 1510. The van der Waals surface area contributed by atoms with Crippen LogP contribution in [0.25, 0.3) is 11.1 Å². The maximum atomic E-state index is 13.1. The van der Waals surface area contributed by atoms with E-state index in [0.717, 1.165) is 41.9 Å². The summed E-state index contributed by atoms with van der Waals surface area (Å²) >= 11 is 6.34. The predicted octanol–water partition coefficient (Wildman–Crippen LogP) is 6.10. The van der Waals surface area contributed by atoms with E-state index in [0.29, 0.717) is 47.0 Å². The third-order valence-electron chi connectivity index (χ3n) is 7.28. The smallest absolute Gasteiger partial charge is 0.229 e. The summed E-state index contributed by atoms with van der Waals surface area (Å²) in [7, 11) is 4.70. The van der Waals surface area contributed by atoms with Crippen molar-refractivity contribution in [2.45, 2.75) is 19.4 Å². The van der Waals surface area contributed by atoms with Crippen LogP contribution >= 0.6 is 11.6 Å². The lowest BCUT2D eigenvalue weighted by atomic mass is 9.97. The van der Waals surface area contributed by atoms with Gasteiger partial charge in [0.25, 0.3) is 0 Å². The molecule has 42 heavy (non-hydrogen) atoms. The number of anilines is 3. The van der Waals surface area contributed by atoms with Gasteiger partial charge in [0.1, 0.15) is 5.82 Å². The number of ether oxygens (including phenoxy) is 3. The lowest BCUT2D eigenvalue weighted by Crippen LogP contribution is -2.43. The molecular formula is C32H34ClN5O4. The lowest BCUT2D eigenvalue weighted by molar-refractivity contribution is -0.125. The Balaban J connectivity index is 1.20. The number of hydrogen-bond acceptors (Lipinski definition) is 8. The highest BCUT2D eigenvalue weighted by molar-refractivity contribution is 6.33. The summed E-state index contributed by atoms with van der Waals surface area (Å²) in [6.45, 7) is 1.86. The quantitative estimate of drug-likeness (QED) is 0.230. The minimum Gasteiger partial charge on any atom is -0.493 e. The highest BCUT2D eigenvalue weighted by Gasteiger charge is 2.27. The van der Waals surface area contributed by atoms with E-state index in [1.807, 2.05) is 54.6 Å². The highest BCUT2D eigenvalue weighted by atomic mass is 35.5. The van der Waals surface area contributed by atoms with E-state index >= 15 is 0 Å². The van der Waals surface area contributed by atoms with E-state index in [9.17, 15) is 4.79 Å². The van der Waals surface area contributed by atoms with Crippen LogP contribution in [0.3, 0.4) is 0 Å². The largest absolute Gasteiger partial charge is 0.493 e. The van der Waals surface area contributed by atoms with Crippen molar-refractivity contribution in [1.82, 2.24) is 15.3 Å². The van der Waals surface area contributed by atoms with Crippen molar-refractivity contribution in [2.75, 3.05) is 44.6 Å². The molecule has 1 amide bonds. The summed E-state index contributed by atoms with van der Waals surface area (Å²) in [4.78, 5) is 24.4. The van der Waals surface area contributed by atoms with Crippen LogP contribution in [0.1, 0.15) is 18.4 Å². The van der Waals surface area contributed by atoms with Crippen molar-refractivity contribution in [3.63, 3.8) is 0 Å². The van der Waals surface area contributed by atoms with Crippen LogP contribution < -0.4 is 29.7 Å². The predicted molar refractivity (Wildman–Crippen MR) is 165 cm³/mol. The number of piperidine rings is 1. The standard InChI is InChI=1S/C32H34ClN5O4/c1-40-27-17-24(18-28(41-2)30(27)42-3)36-32-34-15-14-29(37-32)38-16-6-7-23(20-38)31(39)35-19-21-10-12-22(13-11-21)25-8-4-5-9-26(25)33/h4-5,8-15,17-18,23H,6-7,16,19-20H2,1-3H3,(H,35,39)(H,34,36,37)/t23-/m0/s1. The second kappa shape index (κ2) is 13.4. The maximum Gasteiger partial charge on any atom is 0.229 e. The van der Waals surface area contributed by atoms with Gasteiger partial charge in [-0.1, -0.05) is 54.1 Å². The summed E-state index contributed by atoms with van der Waals surface area (Å²) in [5.74, 6) is 2.64. The van der Waals surface area contributed by atoms with Crippen LogP contribution in [0.5, 0.6) is 17.2 Å². The molecule has 3 aromatic carbocycles. The number of carbonyl (C=O) groups is 1. The zero-order chi connectivity index (χ0) is 29.5. The minimum absolute atomic E-state index is 0.0414. The molecule has 218 valence electrons. The molecule has 0 bridgehead atoms. The van der Waals surface area contributed by atoms with E-state index in [2.05, 4.69) is 20.5 Å². The number of rotatable bonds is 10. The molecule has 1 atom stereocenters. The molecular weight excluding hydrogens is 554 g/mol. The Morgan fingerprint density at radius 2 is 1.74 bits per heavy atom. The number of nitrogens with one attached hydrogen (secondary N) is 2. The van der Waals surface area contributed by atoms with Gasteiger partial charge in [0.15, 0.2) is 11.5 Å². The normalized spacial score (nSPS) is 14.7. The zero-order valence-electron chi connectivity index (χ0n) is 23.9. The number of nitrogens with zero attached hydrogens (tertiary/aromatic N) is 3. The first-order valence-electron chi connectivity index (χ1n) is 13.8. The number of methoxy groups -OCH3 is 3. The summed E-state index contributed by atoms with van der Waals surface area (Å²) in [5, 5.41) is 7.05.